The Hall–Kier alpha value is -0.920. The minimum Gasteiger partial charge on any atom is -0.295 e. The molecule has 4 unspecified atom stereocenters. The van der Waals surface area contributed by atoms with Crippen LogP contribution in [0.3, 0.4) is 0 Å². The lowest BCUT2D eigenvalue weighted by atomic mass is 9.46. The first-order chi connectivity index (χ1) is 10.9. The summed E-state index contributed by atoms with van der Waals surface area (Å²) in [7, 11) is 0. The highest BCUT2D eigenvalue weighted by atomic mass is 16.1. The van der Waals surface area contributed by atoms with Gasteiger partial charge >= 0.3 is 0 Å². The summed E-state index contributed by atoms with van der Waals surface area (Å²) in [6.45, 7) is 7.14. The number of carbonyl (C=O) groups is 2. The number of hydrogen-bond acceptors (Lipinski definition) is 2. The zero-order valence-electron chi connectivity index (χ0n) is 14.9. The van der Waals surface area contributed by atoms with Gasteiger partial charge in [-0.2, -0.15) is 0 Å². The Kier molecular flexibility index (Phi) is 3.42. The number of hydrogen-bond donors (Lipinski definition) is 0. The molecule has 4 rings (SSSR count). The van der Waals surface area contributed by atoms with Crippen LogP contribution in [0.15, 0.2) is 11.6 Å². The van der Waals surface area contributed by atoms with E-state index in [0.717, 1.165) is 23.8 Å². The van der Waals surface area contributed by atoms with E-state index in [1.54, 1.807) is 6.08 Å². The predicted molar refractivity (Wildman–Crippen MR) is 90.9 cm³/mol. The number of ketones is 2. The fraction of sp³-hybridized carbons (Fsp3) is 0.810. The third kappa shape index (κ3) is 1.99. The van der Waals surface area contributed by atoms with Gasteiger partial charge in [0.2, 0.25) is 0 Å². The molecule has 0 aromatic heterocycles. The van der Waals surface area contributed by atoms with Gasteiger partial charge in [-0.05, 0) is 72.7 Å². The van der Waals surface area contributed by atoms with E-state index >= 15 is 0 Å². The van der Waals surface area contributed by atoms with Crippen LogP contribution in [-0.4, -0.2) is 11.6 Å². The highest BCUT2D eigenvalue weighted by Gasteiger charge is 2.60. The molecule has 0 amide bonds. The highest BCUT2D eigenvalue weighted by molar-refractivity contribution is 6.05. The van der Waals surface area contributed by atoms with Crippen LogP contribution in [0, 0.1) is 34.5 Å². The minimum absolute atomic E-state index is 0.0282. The van der Waals surface area contributed by atoms with Gasteiger partial charge in [0, 0.05) is 18.4 Å². The summed E-state index contributed by atoms with van der Waals surface area (Å²) in [5.41, 5.74) is 1.31. The molecule has 6 atom stereocenters. The lowest BCUT2D eigenvalue weighted by Crippen LogP contribution is -2.52. The standard InChI is InChI=1S/C21H30O2/c1-4-13-5-6-16-15-12-19(23)18-11-14(22)7-9-21(18,3)17(15)8-10-20(13,16)2/h11,13,15-17H,4-10,12H2,1-3H3/t13-,15?,16?,17?,20?,21+/m0/s1. The average molecular weight is 314 g/mol. The molecule has 4 aliphatic carbocycles. The number of allylic oxidation sites excluding steroid dienone is 1. The largest absolute Gasteiger partial charge is 0.295 e. The topological polar surface area (TPSA) is 34.1 Å². The van der Waals surface area contributed by atoms with E-state index in [1.807, 2.05) is 0 Å². The minimum atomic E-state index is -0.0282. The molecule has 0 saturated heterocycles. The molecule has 2 nitrogen and oxygen atoms in total. The van der Waals surface area contributed by atoms with Gasteiger partial charge in [0.1, 0.15) is 0 Å². The van der Waals surface area contributed by atoms with Crippen LogP contribution in [-0.2, 0) is 9.59 Å². The fourth-order valence-corrected chi connectivity index (χ4v) is 7.17. The summed E-state index contributed by atoms with van der Waals surface area (Å²) in [6, 6.07) is 0. The fourth-order valence-electron chi connectivity index (χ4n) is 7.17. The molecule has 23 heavy (non-hydrogen) atoms. The zero-order valence-corrected chi connectivity index (χ0v) is 14.9. The van der Waals surface area contributed by atoms with Gasteiger partial charge in [-0.15, -0.1) is 0 Å². The molecule has 0 heterocycles. The van der Waals surface area contributed by atoms with Crippen molar-refractivity contribution in [3.8, 4) is 0 Å². The van der Waals surface area contributed by atoms with Crippen molar-refractivity contribution in [2.75, 3.05) is 0 Å². The third-order valence-corrected chi connectivity index (χ3v) is 8.48. The van der Waals surface area contributed by atoms with E-state index in [4.69, 9.17) is 0 Å². The molecule has 2 heteroatoms. The Morgan fingerprint density at radius 1 is 1.09 bits per heavy atom. The molecule has 0 N–H and O–H groups in total. The van der Waals surface area contributed by atoms with E-state index in [1.165, 1.54) is 32.1 Å². The first-order valence-corrected chi connectivity index (χ1v) is 9.68. The number of Topliss-reactive ketones (excluding diaryl/α,β-unsaturated/α-hetero) is 1. The van der Waals surface area contributed by atoms with Crippen LogP contribution < -0.4 is 0 Å². The van der Waals surface area contributed by atoms with E-state index in [-0.39, 0.29) is 17.0 Å². The molecule has 3 saturated carbocycles. The van der Waals surface area contributed by atoms with Crippen LogP contribution in [0.5, 0.6) is 0 Å². The van der Waals surface area contributed by atoms with Crippen LogP contribution in [0.4, 0.5) is 0 Å². The summed E-state index contributed by atoms with van der Waals surface area (Å²) in [5.74, 6) is 3.21. The molecule has 0 bridgehead atoms. The Morgan fingerprint density at radius 2 is 1.87 bits per heavy atom. The summed E-state index contributed by atoms with van der Waals surface area (Å²) in [6.07, 6.45) is 10.5. The predicted octanol–water partition coefficient (Wildman–Crippen LogP) is 4.72. The van der Waals surface area contributed by atoms with Crippen molar-refractivity contribution >= 4 is 11.6 Å². The molecule has 0 aromatic carbocycles. The van der Waals surface area contributed by atoms with Gasteiger partial charge in [-0.1, -0.05) is 27.2 Å². The van der Waals surface area contributed by atoms with E-state index in [0.29, 0.717) is 30.1 Å². The van der Waals surface area contributed by atoms with Crippen molar-refractivity contribution in [2.45, 2.75) is 72.1 Å². The van der Waals surface area contributed by atoms with Crippen LogP contribution in [0.1, 0.15) is 72.1 Å². The molecular weight excluding hydrogens is 284 g/mol. The van der Waals surface area contributed by atoms with Crippen LogP contribution >= 0.6 is 0 Å². The average Bonchev–Trinajstić information content (AvgIpc) is 2.86. The van der Waals surface area contributed by atoms with Crippen molar-refractivity contribution in [1.29, 1.82) is 0 Å². The number of carbonyl (C=O) groups excluding carboxylic acids is 2. The smallest absolute Gasteiger partial charge is 0.159 e. The van der Waals surface area contributed by atoms with E-state index in [2.05, 4.69) is 20.8 Å². The van der Waals surface area contributed by atoms with Crippen LogP contribution in [0.2, 0.25) is 0 Å². The van der Waals surface area contributed by atoms with E-state index < -0.39 is 0 Å². The molecule has 0 aromatic rings. The van der Waals surface area contributed by atoms with E-state index in [9.17, 15) is 9.59 Å². The molecule has 3 fully saturated rings. The highest BCUT2D eigenvalue weighted by Crippen LogP contribution is 2.66. The summed E-state index contributed by atoms with van der Waals surface area (Å²) < 4.78 is 0. The summed E-state index contributed by atoms with van der Waals surface area (Å²) >= 11 is 0. The van der Waals surface area contributed by atoms with Gasteiger partial charge in [-0.25, -0.2) is 0 Å². The SMILES string of the molecule is CC[C@H]1CCC2C3CC(=O)C4=CC(=O)CC[C@]4(C)C3CCC21C. The van der Waals surface area contributed by atoms with Gasteiger partial charge in [0.25, 0.3) is 0 Å². The molecule has 4 aliphatic rings. The van der Waals surface area contributed by atoms with Gasteiger partial charge in [-0.3, -0.25) is 9.59 Å². The number of fused-ring (bicyclic) bond motifs is 5. The number of rotatable bonds is 1. The second-order valence-corrected chi connectivity index (χ2v) is 9.17. The van der Waals surface area contributed by atoms with Crippen molar-refractivity contribution < 1.29 is 9.59 Å². The summed E-state index contributed by atoms with van der Waals surface area (Å²) in [4.78, 5) is 24.7. The molecule has 0 radical (unpaired) electrons. The van der Waals surface area contributed by atoms with Crippen molar-refractivity contribution in [3.05, 3.63) is 11.6 Å². The third-order valence-electron chi connectivity index (χ3n) is 8.48. The maximum atomic E-state index is 12.9. The molecule has 126 valence electrons. The van der Waals surface area contributed by atoms with Crippen molar-refractivity contribution in [3.63, 3.8) is 0 Å². The normalized spacial score (nSPS) is 49.3. The Labute approximate surface area is 140 Å². The molecular formula is C21H30O2. The molecule has 0 spiro atoms. The lowest BCUT2D eigenvalue weighted by molar-refractivity contribution is -0.131. The Bertz CT molecular complexity index is 589. The Balaban J connectivity index is 1.72. The van der Waals surface area contributed by atoms with Gasteiger partial charge in [0.05, 0.1) is 0 Å². The lowest BCUT2D eigenvalue weighted by Gasteiger charge is -2.57. The Morgan fingerprint density at radius 3 is 2.61 bits per heavy atom. The van der Waals surface area contributed by atoms with Crippen molar-refractivity contribution in [2.24, 2.45) is 34.5 Å². The summed E-state index contributed by atoms with van der Waals surface area (Å²) in [5, 5.41) is 0. The second kappa shape index (κ2) is 5.04. The van der Waals surface area contributed by atoms with Crippen LogP contribution in [0.25, 0.3) is 0 Å². The monoisotopic (exact) mass is 314 g/mol. The maximum Gasteiger partial charge on any atom is 0.159 e. The molecule has 0 aliphatic heterocycles. The van der Waals surface area contributed by atoms with Crippen molar-refractivity contribution in [1.82, 2.24) is 0 Å². The maximum absolute atomic E-state index is 12.9. The second-order valence-electron chi connectivity index (χ2n) is 9.17. The first-order valence-electron chi connectivity index (χ1n) is 9.68. The first kappa shape index (κ1) is 15.6. The quantitative estimate of drug-likeness (QED) is 0.701. The zero-order chi connectivity index (χ0) is 16.4. The van der Waals surface area contributed by atoms with Gasteiger partial charge < -0.3 is 0 Å². The van der Waals surface area contributed by atoms with Gasteiger partial charge in [0.15, 0.2) is 11.6 Å².